The van der Waals surface area contributed by atoms with Crippen molar-refractivity contribution in [3.63, 3.8) is 0 Å². The molecule has 2 fully saturated rings. The summed E-state index contributed by atoms with van der Waals surface area (Å²) in [4.78, 5) is 0. The number of nitrogens with one attached hydrogen (secondary N) is 1. The Hall–Kier alpha value is -0.570. The van der Waals surface area contributed by atoms with E-state index in [9.17, 15) is 4.39 Å². The van der Waals surface area contributed by atoms with Crippen molar-refractivity contribution < 1.29 is 4.39 Å². The smallest absolute Gasteiger partial charge is 0.124 e. The molecule has 1 aliphatic heterocycles. The largest absolute Gasteiger partial charge is 0.383 e. The van der Waals surface area contributed by atoms with Gasteiger partial charge < -0.3 is 5.32 Å². The van der Waals surface area contributed by atoms with E-state index < -0.39 is 0 Å². The Bertz CT molecular complexity index is 502. The summed E-state index contributed by atoms with van der Waals surface area (Å²) in [5.74, 6) is 3.06. The van der Waals surface area contributed by atoms with Gasteiger partial charge in [0.15, 0.2) is 0 Å². The van der Waals surface area contributed by atoms with Crippen LogP contribution < -0.4 is 5.32 Å². The van der Waals surface area contributed by atoms with Gasteiger partial charge >= 0.3 is 0 Å². The first-order chi connectivity index (χ1) is 8.72. The number of halogens is 2. The molecule has 18 heavy (non-hydrogen) atoms. The minimum atomic E-state index is -0.113. The molecule has 1 heterocycles. The van der Waals surface area contributed by atoms with Crippen molar-refractivity contribution >= 4 is 21.6 Å². The predicted octanol–water partition coefficient (Wildman–Crippen LogP) is 4.53. The van der Waals surface area contributed by atoms with Gasteiger partial charge in [-0.2, -0.15) is 0 Å². The summed E-state index contributed by atoms with van der Waals surface area (Å²) in [6.07, 6.45) is 5.62. The van der Waals surface area contributed by atoms with Gasteiger partial charge in [-0.25, -0.2) is 4.39 Å². The maximum Gasteiger partial charge on any atom is 0.124 e. The normalized spacial score (nSPS) is 36.8. The van der Waals surface area contributed by atoms with Crippen LogP contribution in [0.25, 0.3) is 0 Å². The van der Waals surface area contributed by atoms with Crippen LogP contribution in [-0.4, -0.2) is 6.54 Å². The van der Waals surface area contributed by atoms with Gasteiger partial charge in [0.2, 0.25) is 0 Å². The molecule has 1 aromatic carbocycles. The second-order valence-electron chi connectivity index (χ2n) is 6.18. The Labute approximate surface area is 115 Å². The Morgan fingerprint density at radius 1 is 1.22 bits per heavy atom. The van der Waals surface area contributed by atoms with Gasteiger partial charge in [0.25, 0.3) is 0 Å². The lowest BCUT2D eigenvalue weighted by molar-refractivity contribution is 0.291. The topological polar surface area (TPSA) is 12.0 Å². The lowest BCUT2D eigenvalue weighted by Crippen LogP contribution is -2.20. The van der Waals surface area contributed by atoms with Crippen molar-refractivity contribution in [1.82, 2.24) is 0 Å². The molecule has 3 heteroatoms. The van der Waals surface area contributed by atoms with E-state index in [4.69, 9.17) is 0 Å². The maximum absolute atomic E-state index is 13.6. The minimum Gasteiger partial charge on any atom is -0.383 e. The van der Waals surface area contributed by atoms with Gasteiger partial charge in [0, 0.05) is 16.9 Å². The van der Waals surface area contributed by atoms with Gasteiger partial charge in [-0.05, 0) is 70.6 Å². The number of hydrogen-bond acceptors (Lipinski definition) is 1. The highest BCUT2D eigenvalue weighted by Gasteiger charge is 2.45. The van der Waals surface area contributed by atoms with Gasteiger partial charge in [-0.1, -0.05) is 6.42 Å². The number of fused-ring (bicyclic) bond motifs is 3. The van der Waals surface area contributed by atoms with Crippen LogP contribution in [0.3, 0.4) is 0 Å². The number of hydrogen-bond donors (Lipinski definition) is 1. The Morgan fingerprint density at radius 3 is 2.83 bits per heavy atom. The third-order valence-corrected chi connectivity index (χ3v) is 5.92. The quantitative estimate of drug-likeness (QED) is 0.803. The van der Waals surface area contributed by atoms with Crippen LogP contribution in [0.15, 0.2) is 16.6 Å². The first-order valence-corrected chi connectivity index (χ1v) is 7.74. The van der Waals surface area contributed by atoms with Gasteiger partial charge in [0.1, 0.15) is 5.82 Å². The highest BCUT2D eigenvalue weighted by Crippen LogP contribution is 2.55. The molecule has 4 unspecified atom stereocenters. The third kappa shape index (κ3) is 1.56. The van der Waals surface area contributed by atoms with E-state index in [0.29, 0.717) is 5.92 Å². The van der Waals surface area contributed by atoms with Gasteiger partial charge in [-0.3, -0.25) is 0 Å². The molecule has 0 radical (unpaired) electrons. The standard InChI is InChI=1S/C15H17BrFN/c16-14-6-10(17)5-12-13(7-18-15(12)14)11-4-8-1-2-9(11)3-8/h5-6,8-9,11,13,18H,1-4,7H2. The van der Waals surface area contributed by atoms with Crippen LogP contribution >= 0.6 is 15.9 Å². The number of anilines is 1. The molecule has 1 aromatic rings. The van der Waals surface area contributed by atoms with Crippen molar-refractivity contribution in [3.8, 4) is 0 Å². The summed E-state index contributed by atoms with van der Waals surface area (Å²) in [5.41, 5.74) is 2.34. The fourth-order valence-electron chi connectivity index (χ4n) is 4.56. The first kappa shape index (κ1) is 11.3. The van der Waals surface area contributed by atoms with Crippen molar-refractivity contribution in [2.75, 3.05) is 11.9 Å². The minimum absolute atomic E-state index is 0.113. The zero-order chi connectivity index (χ0) is 12.3. The van der Waals surface area contributed by atoms with Gasteiger partial charge in [0.05, 0.1) is 5.69 Å². The monoisotopic (exact) mass is 309 g/mol. The molecule has 0 spiro atoms. The predicted molar refractivity (Wildman–Crippen MR) is 74.3 cm³/mol. The Morgan fingerprint density at radius 2 is 2.11 bits per heavy atom. The molecule has 0 amide bonds. The summed E-state index contributed by atoms with van der Waals surface area (Å²) in [6, 6.07) is 3.31. The van der Waals surface area contributed by atoms with Crippen LogP contribution in [0.4, 0.5) is 10.1 Å². The molecule has 0 aromatic heterocycles. The average molecular weight is 310 g/mol. The van der Waals surface area contributed by atoms with Crippen LogP contribution in [-0.2, 0) is 0 Å². The van der Waals surface area contributed by atoms with E-state index >= 15 is 0 Å². The van der Waals surface area contributed by atoms with Crippen LogP contribution in [0, 0.1) is 23.6 Å². The number of benzene rings is 1. The molecule has 2 bridgehead atoms. The van der Waals surface area contributed by atoms with E-state index in [1.165, 1.54) is 31.2 Å². The molecular weight excluding hydrogens is 293 g/mol. The molecule has 3 aliphatic rings. The van der Waals surface area contributed by atoms with E-state index in [1.807, 2.05) is 0 Å². The highest BCUT2D eigenvalue weighted by atomic mass is 79.9. The zero-order valence-electron chi connectivity index (χ0n) is 10.3. The Balaban J connectivity index is 1.70. The fourth-order valence-corrected chi connectivity index (χ4v) is 5.15. The average Bonchev–Trinajstić information content (AvgIpc) is 3.00. The van der Waals surface area contributed by atoms with Crippen molar-refractivity contribution in [2.45, 2.75) is 31.6 Å². The lowest BCUT2D eigenvalue weighted by Gasteiger charge is -2.27. The van der Waals surface area contributed by atoms with Crippen LogP contribution in [0.2, 0.25) is 0 Å². The molecule has 1 nitrogen and oxygen atoms in total. The fraction of sp³-hybridized carbons (Fsp3) is 0.600. The van der Waals surface area contributed by atoms with Gasteiger partial charge in [-0.15, -0.1) is 0 Å². The Kier molecular flexibility index (Phi) is 2.48. The van der Waals surface area contributed by atoms with Crippen molar-refractivity contribution in [2.24, 2.45) is 17.8 Å². The van der Waals surface area contributed by atoms with E-state index in [0.717, 1.165) is 34.5 Å². The van der Waals surface area contributed by atoms with E-state index in [-0.39, 0.29) is 5.82 Å². The molecule has 96 valence electrons. The molecule has 2 saturated carbocycles. The second-order valence-corrected chi connectivity index (χ2v) is 7.03. The second kappa shape index (κ2) is 3.96. The number of rotatable bonds is 1. The molecular formula is C15H17BrFN. The molecule has 0 saturated heterocycles. The van der Waals surface area contributed by atoms with E-state index in [2.05, 4.69) is 21.2 Å². The highest BCUT2D eigenvalue weighted by molar-refractivity contribution is 9.10. The third-order valence-electron chi connectivity index (χ3n) is 5.29. The van der Waals surface area contributed by atoms with Crippen molar-refractivity contribution in [3.05, 3.63) is 28.0 Å². The molecule has 2 aliphatic carbocycles. The zero-order valence-corrected chi connectivity index (χ0v) is 11.8. The summed E-state index contributed by atoms with van der Waals surface area (Å²) in [5, 5.41) is 3.47. The van der Waals surface area contributed by atoms with E-state index in [1.54, 1.807) is 12.1 Å². The maximum atomic E-state index is 13.6. The lowest BCUT2D eigenvalue weighted by atomic mass is 9.77. The van der Waals surface area contributed by atoms with Crippen LogP contribution in [0.5, 0.6) is 0 Å². The van der Waals surface area contributed by atoms with Crippen LogP contribution in [0.1, 0.15) is 37.2 Å². The molecule has 4 atom stereocenters. The summed E-state index contributed by atoms with van der Waals surface area (Å²) < 4.78 is 14.5. The van der Waals surface area contributed by atoms with Crippen molar-refractivity contribution in [1.29, 1.82) is 0 Å². The SMILES string of the molecule is Fc1cc(Br)c2c(c1)C(C1CC3CCC1C3)CN2. The molecule has 1 N–H and O–H groups in total. The first-order valence-electron chi connectivity index (χ1n) is 6.95. The summed E-state index contributed by atoms with van der Waals surface area (Å²) in [7, 11) is 0. The summed E-state index contributed by atoms with van der Waals surface area (Å²) in [6.45, 7) is 0.991. The summed E-state index contributed by atoms with van der Waals surface area (Å²) >= 11 is 3.47. The molecule has 4 rings (SSSR count).